The fraction of sp³-hybridized carbons (Fsp3) is 0.375. The molecule has 11 nitrogen and oxygen atoms in total. The van der Waals surface area contributed by atoms with Gasteiger partial charge in [-0.15, -0.1) is 0 Å². The van der Waals surface area contributed by atoms with Gasteiger partial charge >= 0.3 is 17.6 Å². The topological polar surface area (TPSA) is 158 Å². The van der Waals surface area contributed by atoms with Crippen LogP contribution in [0, 0.1) is 13.8 Å². The van der Waals surface area contributed by atoms with E-state index in [-0.39, 0.29) is 17.0 Å². The Bertz CT molecular complexity index is 1330. The summed E-state index contributed by atoms with van der Waals surface area (Å²) in [6.45, 7) is 5.10. The molecule has 0 bridgehead atoms. The number of aromatic amines is 1. The Morgan fingerprint density at radius 1 is 1.11 bits per heavy atom. The lowest BCUT2D eigenvalue weighted by Crippen LogP contribution is -2.60. The van der Waals surface area contributed by atoms with E-state index in [0.717, 1.165) is 5.69 Å². The number of carbonyl (C=O) groups is 2. The number of rotatable bonds is 6. The molecule has 0 radical (unpaired) electrons. The molecule has 1 aliphatic heterocycles. The number of carboxylic acids is 1. The SMILES string of the molecule is CO[C@@H]1[C@@H](OC(=O)c2ccc(C)[nH]2)[C@@H](O)[C@H](Oc2ccc3cc(C(=O)O)c(=O)oc3c2C)O[C@H]1C. The molecule has 11 heteroatoms. The quantitative estimate of drug-likeness (QED) is 0.348. The van der Waals surface area contributed by atoms with E-state index < -0.39 is 53.8 Å². The highest BCUT2D eigenvalue weighted by molar-refractivity contribution is 5.92. The van der Waals surface area contributed by atoms with Crippen molar-refractivity contribution in [1.29, 1.82) is 0 Å². The number of aliphatic hydroxyl groups is 1. The van der Waals surface area contributed by atoms with Gasteiger partial charge in [-0.2, -0.15) is 0 Å². The number of methoxy groups -OCH3 is 1. The van der Waals surface area contributed by atoms with Gasteiger partial charge in [0, 0.05) is 23.8 Å². The number of carboxylic acid groups (broad SMARTS) is 1. The lowest BCUT2D eigenvalue weighted by molar-refractivity contribution is -0.272. The second-order valence-corrected chi connectivity index (χ2v) is 8.30. The van der Waals surface area contributed by atoms with Crippen LogP contribution in [0.4, 0.5) is 0 Å². The Balaban J connectivity index is 1.61. The third kappa shape index (κ3) is 4.65. The number of aryl methyl sites for hydroxylation is 2. The molecule has 3 aromatic rings. The fourth-order valence-corrected chi connectivity index (χ4v) is 4.06. The molecule has 3 N–H and O–H groups in total. The van der Waals surface area contributed by atoms with Crippen molar-refractivity contribution < 1.29 is 43.2 Å². The molecule has 1 fully saturated rings. The molecule has 5 atom stereocenters. The number of hydrogen-bond acceptors (Lipinski definition) is 9. The first-order valence-corrected chi connectivity index (χ1v) is 10.8. The predicted molar refractivity (Wildman–Crippen MR) is 121 cm³/mol. The molecule has 186 valence electrons. The first-order chi connectivity index (χ1) is 16.6. The highest BCUT2D eigenvalue weighted by Gasteiger charge is 2.48. The van der Waals surface area contributed by atoms with E-state index in [9.17, 15) is 19.5 Å². The smallest absolute Gasteiger partial charge is 0.355 e. The molecule has 0 saturated carbocycles. The van der Waals surface area contributed by atoms with E-state index in [4.69, 9.17) is 28.5 Å². The number of aromatic carboxylic acids is 1. The monoisotopic (exact) mass is 487 g/mol. The van der Waals surface area contributed by atoms with Crippen LogP contribution in [0.5, 0.6) is 5.75 Å². The molecule has 1 saturated heterocycles. The van der Waals surface area contributed by atoms with Crippen molar-refractivity contribution in [3.8, 4) is 5.75 Å². The maximum Gasteiger partial charge on any atom is 0.355 e. The Hall–Kier alpha value is -3.67. The molecule has 2 aromatic heterocycles. The van der Waals surface area contributed by atoms with Crippen molar-refractivity contribution in [2.45, 2.75) is 51.5 Å². The Morgan fingerprint density at radius 3 is 2.49 bits per heavy atom. The van der Waals surface area contributed by atoms with Crippen LogP contribution < -0.4 is 10.4 Å². The van der Waals surface area contributed by atoms with Crippen LogP contribution in [0.1, 0.15) is 39.0 Å². The lowest BCUT2D eigenvalue weighted by atomic mass is 9.99. The van der Waals surface area contributed by atoms with Gasteiger partial charge in [-0.3, -0.25) is 0 Å². The number of esters is 1. The van der Waals surface area contributed by atoms with E-state index >= 15 is 0 Å². The van der Waals surface area contributed by atoms with Gasteiger partial charge in [-0.25, -0.2) is 14.4 Å². The Kier molecular flexibility index (Phi) is 6.66. The van der Waals surface area contributed by atoms with Gasteiger partial charge in [0.2, 0.25) is 6.29 Å². The van der Waals surface area contributed by atoms with Crippen LogP contribution in [0.25, 0.3) is 11.0 Å². The summed E-state index contributed by atoms with van der Waals surface area (Å²) < 4.78 is 27.9. The number of aromatic nitrogens is 1. The molecule has 1 aromatic carbocycles. The van der Waals surface area contributed by atoms with E-state index in [1.807, 2.05) is 0 Å². The molecule has 1 aliphatic rings. The van der Waals surface area contributed by atoms with E-state index in [1.165, 1.54) is 25.3 Å². The normalized spacial score (nSPS) is 24.3. The minimum absolute atomic E-state index is 0.135. The summed E-state index contributed by atoms with van der Waals surface area (Å²) in [4.78, 5) is 38.8. The maximum atomic E-state index is 12.6. The molecule has 0 amide bonds. The molecule has 3 heterocycles. The number of ether oxygens (including phenoxy) is 4. The summed E-state index contributed by atoms with van der Waals surface area (Å²) in [5.41, 5.74) is 0.0405. The van der Waals surface area contributed by atoms with Gasteiger partial charge in [0.05, 0.1) is 6.10 Å². The van der Waals surface area contributed by atoms with Crippen molar-refractivity contribution in [2.24, 2.45) is 0 Å². The average Bonchev–Trinajstić information content (AvgIpc) is 3.25. The zero-order chi connectivity index (χ0) is 25.4. The predicted octanol–water partition coefficient (Wildman–Crippen LogP) is 2.16. The lowest BCUT2D eigenvalue weighted by Gasteiger charge is -2.42. The molecular formula is C24H25NO10. The molecular weight excluding hydrogens is 462 g/mol. The minimum atomic E-state index is -1.42. The molecule has 0 spiro atoms. The number of nitrogens with one attached hydrogen (secondary N) is 1. The van der Waals surface area contributed by atoms with Crippen LogP contribution in [-0.4, -0.2) is 65.0 Å². The van der Waals surface area contributed by atoms with Crippen molar-refractivity contribution in [3.63, 3.8) is 0 Å². The molecule has 35 heavy (non-hydrogen) atoms. The summed E-state index contributed by atoms with van der Waals surface area (Å²) in [7, 11) is 1.42. The largest absolute Gasteiger partial charge is 0.477 e. The Morgan fingerprint density at radius 2 is 1.86 bits per heavy atom. The molecule has 0 aliphatic carbocycles. The first kappa shape index (κ1) is 24.5. The van der Waals surface area contributed by atoms with Crippen LogP contribution >= 0.6 is 0 Å². The third-order valence-corrected chi connectivity index (χ3v) is 5.89. The number of aliphatic hydroxyl groups excluding tert-OH is 1. The highest BCUT2D eigenvalue weighted by atomic mass is 16.7. The van der Waals surface area contributed by atoms with Crippen LogP contribution in [0.15, 0.2) is 39.5 Å². The van der Waals surface area contributed by atoms with Gasteiger partial charge in [-0.1, -0.05) is 0 Å². The van der Waals surface area contributed by atoms with Gasteiger partial charge in [0.15, 0.2) is 12.2 Å². The summed E-state index contributed by atoms with van der Waals surface area (Å²) in [5, 5.41) is 20.5. The fourth-order valence-electron chi connectivity index (χ4n) is 4.06. The highest BCUT2D eigenvalue weighted by Crippen LogP contribution is 2.32. The first-order valence-electron chi connectivity index (χ1n) is 10.8. The number of fused-ring (bicyclic) bond motifs is 1. The summed E-state index contributed by atoms with van der Waals surface area (Å²) in [5.74, 6) is -1.84. The van der Waals surface area contributed by atoms with Crippen molar-refractivity contribution in [2.75, 3.05) is 7.11 Å². The van der Waals surface area contributed by atoms with Crippen molar-refractivity contribution >= 4 is 22.9 Å². The Labute approximate surface area is 199 Å². The van der Waals surface area contributed by atoms with E-state index in [2.05, 4.69) is 4.98 Å². The summed E-state index contributed by atoms with van der Waals surface area (Å²) >= 11 is 0. The van der Waals surface area contributed by atoms with Gasteiger partial charge in [0.1, 0.15) is 28.7 Å². The second kappa shape index (κ2) is 9.53. The number of hydrogen-bond donors (Lipinski definition) is 3. The summed E-state index contributed by atoms with van der Waals surface area (Å²) in [6, 6.07) is 7.57. The maximum absolute atomic E-state index is 12.6. The van der Waals surface area contributed by atoms with Crippen molar-refractivity contribution in [3.05, 3.63) is 63.3 Å². The molecule has 0 unspecified atom stereocenters. The van der Waals surface area contributed by atoms with Crippen molar-refractivity contribution in [1.82, 2.24) is 4.98 Å². The number of benzene rings is 1. The van der Waals surface area contributed by atoms with Crippen LogP contribution in [0.2, 0.25) is 0 Å². The zero-order valence-corrected chi connectivity index (χ0v) is 19.4. The second-order valence-electron chi connectivity index (χ2n) is 8.30. The molecule has 4 rings (SSSR count). The van der Waals surface area contributed by atoms with Crippen LogP contribution in [0.3, 0.4) is 0 Å². The minimum Gasteiger partial charge on any atom is -0.477 e. The van der Waals surface area contributed by atoms with Gasteiger partial charge in [-0.05, 0) is 51.1 Å². The third-order valence-electron chi connectivity index (χ3n) is 5.89. The van der Waals surface area contributed by atoms with E-state index in [1.54, 1.807) is 32.9 Å². The summed E-state index contributed by atoms with van der Waals surface area (Å²) in [6.07, 6.45) is -5.17. The standard InChI is InChI=1S/C24H25NO10/c1-10-5-7-15(25-10)23(30)35-20-17(26)24(32-12(3)19(20)31-4)33-16-8-6-13-9-14(21(27)28)22(29)34-18(13)11(16)2/h5-9,12,17,19-20,24-26H,1-4H3,(H,27,28)/t12-,17+,19-,20-,24-/m0/s1. The zero-order valence-electron chi connectivity index (χ0n) is 19.4. The number of carbonyl (C=O) groups excluding carboxylic acids is 1. The van der Waals surface area contributed by atoms with Gasteiger partial charge in [0.25, 0.3) is 0 Å². The van der Waals surface area contributed by atoms with Crippen LogP contribution in [-0.2, 0) is 14.2 Å². The van der Waals surface area contributed by atoms with E-state index in [0.29, 0.717) is 10.9 Å². The van der Waals surface area contributed by atoms with Gasteiger partial charge < -0.3 is 38.6 Å². The number of H-pyrrole nitrogens is 1. The average molecular weight is 487 g/mol.